The Bertz CT molecular complexity index is 1260. The van der Waals surface area contributed by atoms with Gasteiger partial charge in [0.15, 0.2) is 0 Å². The van der Waals surface area contributed by atoms with Crippen LogP contribution in [0.4, 0.5) is 5.69 Å². The lowest BCUT2D eigenvalue weighted by molar-refractivity contribution is 0.0487. The van der Waals surface area contributed by atoms with Crippen molar-refractivity contribution in [3.05, 3.63) is 95.8 Å². The molecule has 2 heterocycles. The fourth-order valence-corrected chi connectivity index (χ4v) is 3.76. The highest BCUT2D eigenvalue weighted by Gasteiger charge is 2.33. The molecule has 2 amide bonds. The number of amides is 2. The highest BCUT2D eigenvalue weighted by Crippen LogP contribution is 2.32. The number of imide groups is 1. The van der Waals surface area contributed by atoms with E-state index in [0.29, 0.717) is 34.3 Å². The summed E-state index contributed by atoms with van der Waals surface area (Å²) in [6, 6.07) is 18.9. The van der Waals surface area contributed by atoms with Gasteiger partial charge in [0.05, 0.1) is 17.8 Å². The van der Waals surface area contributed by atoms with Crippen molar-refractivity contribution in [1.29, 1.82) is 0 Å². The largest absolute Gasteiger partial charge is 0.460 e. The summed E-state index contributed by atoms with van der Waals surface area (Å²) in [5.74, 6) is -1.25. The maximum Gasteiger partial charge on any atom is 0.338 e. The number of carbonyl (C=O) groups excluding carboxylic acids is 3. The van der Waals surface area contributed by atoms with Crippen LogP contribution in [0.5, 0.6) is 0 Å². The molecule has 152 valence electrons. The van der Waals surface area contributed by atoms with E-state index in [9.17, 15) is 14.4 Å². The van der Waals surface area contributed by atoms with Crippen LogP contribution in [0.2, 0.25) is 0 Å². The number of aromatic nitrogens is 2. The topological polar surface area (TPSA) is 81.5 Å². The van der Waals surface area contributed by atoms with Crippen molar-refractivity contribution in [2.24, 2.45) is 0 Å². The van der Waals surface area contributed by atoms with Crippen LogP contribution in [0.3, 0.4) is 0 Å². The Hall–Kier alpha value is -4.26. The summed E-state index contributed by atoms with van der Waals surface area (Å²) in [5, 5.41) is 5.58. The predicted molar refractivity (Wildman–Crippen MR) is 114 cm³/mol. The van der Waals surface area contributed by atoms with Gasteiger partial charge in [0, 0.05) is 28.9 Å². The maximum atomic E-state index is 13.1. The molecule has 0 saturated heterocycles. The van der Waals surface area contributed by atoms with Gasteiger partial charge in [0.25, 0.3) is 11.8 Å². The third kappa shape index (κ3) is 3.26. The molecular formula is C24H17N3O4. The number of nitrogens with zero attached hydrogens (tertiary/aromatic N) is 3. The van der Waals surface area contributed by atoms with Gasteiger partial charge in [-0.05, 0) is 47.9 Å². The molecular weight excluding hydrogens is 394 g/mol. The molecule has 0 spiro atoms. The van der Waals surface area contributed by atoms with Crippen molar-refractivity contribution in [3.63, 3.8) is 0 Å². The molecule has 1 aliphatic rings. The maximum absolute atomic E-state index is 13.1. The van der Waals surface area contributed by atoms with Crippen LogP contribution in [0, 0.1) is 0 Å². The average Bonchev–Trinajstić information content (AvgIpc) is 3.31. The molecule has 0 saturated carbocycles. The van der Waals surface area contributed by atoms with Gasteiger partial charge in [-0.25, -0.2) is 9.69 Å². The van der Waals surface area contributed by atoms with Gasteiger partial charge in [-0.1, -0.05) is 24.3 Å². The van der Waals surface area contributed by atoms with Gasteiger partial charge in [-0.2, -0.15) is 5.10 Å². The molecule has 5 rings (SSSR count). The van der Waals surface area contributed by atoms with Gasteiger partial charge in [-0.15, -0.1) is 0 Å². The van der Waals surface area contributed by atoms with E-state index in [-0.39, 0.29) is 18.4 Å². The number of hydrogen-bond donors (Lipinski definition) is 0. The van der Waals surface area contributed by atoms with Gasteiger partial charge in [0.1, 0.15) is 6.61 Å². The average molecular weight is 411 g/mol. The van der Waals surface area contributed by atoms with Crippen molar-refractivity contribution < 1.29 is 19.1 Å². The first-order valence-electron chi connectivity index (χ1n) is 9.78. The summed E-state index contributed by atoms with van der Waals surface area (Å²) in [6.45, 7) is 0.644. The second-order valence-corrected chi connectivity index (χ2v) is 7.11. The number of esters is 1. The number of benzene rings is 3. The van der Waals surface area contributed by atoms with Crippen LogP contribution in [-0.4, -0.2) is 34.2 Å². The fourth-order valence-electron chi connectivity index (χ4n) is 3.76. The molecule has 0 N–H and O–H groups in total. The molecule has 0 radical (unpaired) electrons. The van der Waals surface area contributed by atoms with Gasteiger partial charge in [0.2, 0.25) is 0 Å². The zero-order valence-electron chi connectivity index (χ0n) is 16.4. The van der Waals surface area contributed by atoms with Gasteiger partial charge in [-0.3, -0.25) is 14.3 Å². The molecule has 31 heavy (non-hydrogen) atoms. The Morgan fingerprint density at radius 2 is 1.55 bits per heavy atom. The molecule has 1 aliphatic heterocycles. The van der Waals surface area contributed by atoms with E-state index in [1.807, 2.05) is 12.1 Å². The monoisotopic (exact) mass is 411 g/mol. The number of carbonyl (C=O) groups is 3. The van der Waals surface area contributed by atoms with E-state index >= 15 is 0 Å². The number of hydrogen-bond acceptors (Lipinski definition) is 5. The van der Waals surface area contributed by atoms with Crippen LogP contribution in [0.1, 0.15) is 31.1 Å². The van der Waals surface area contributed by atoms with E-state index in [0.717, 1.165) is 10.3 Å². The Morgan fingerprint density at radius 3 is 2.16 bits per heavy atom. The second-order valence-electron chi connectivity index (χ2n) is 7.11. The first kappa shape index (κ1) is 18.7. The SMILES string of the molecule is O=C(OCCn1cccn1)c1ccc(N2C(=O)c3cccc4cccc(c34)C2=O)cc1. The first-order valence-corrected chi connectivity index (χ1v) is 9.78. The molecule has 0 atom stereocenters. The molecule has 7 heteroatoms. The summed E-state index contributed by atoms with van der Waals surface area (Å²) in [5.41, 5.74) is 1.70. The van der Waals surface area contributed by atoms with Crippen LogP contribution in [0.25, 0.3) is 10.8 Å². The van der Waals surface area contributed by atoms with Crippen LogP contribution < -0.4 is 4.90 Å². The summed E-state index contributed by atoms with van der Waals surface area (Å²) in [4.78, 5) is 39.6. The van der Waals surface area contributed by atoms with Crippen LogP contribution in [-0.2, 0) is 11.3 Å². The standard InChI is InChI=1S/C24H17N3O4/c28-22-19-6-1-4-16-5-2-7-20(21(16)19)23(29)27(22)18-10-8-17(9-11-18)24(30)31-15-14-26-13-3-12-25-26/h1-13H,14-15H2. The molecule has 0 unspecified atom stereocenters. The third-order valence-corrected chi connectivity index (χ3v) is 5.25. The minimum atomic E-state index is -0.481. The summed E-state index contributed by atoms with van der Waals surface area (Å²) in [7, 11) is 0. The lowest BCUT2D eigenvalue weighted by Crippen LogP contribution is -2.40. The van der Waals surface area contributed by atoms with Gasteiger partial charge < -0.3 is 4.74 Å². The summed E-state index contributed by atoms with van der Waals surface area (Å²) < 4.78 is 6.94. The first-order chi connectivity index (χ1) is 15.1. The van der Waals surface area contributed by atoms with E-state index < -0.39 is 5.97 Å². The molecule has 4 aromatic rings. The van der Waals surface area contributed by atoms with Crippen molar-refractivity contribution in [2.75, 3.05) is 11.5 Å². The van der Waals surface area contributed by atoms with Crippen molar-refractivity contribution in [3.8, 4) is 0 Å². The number of anilines is 1. The fraction of sp³-hybridized carbons (Fsp3) is 0.0833. The van der Waals surface area contributed by atoms with E-state index in [1.54, 1.807) is 71.7 Å². The van der Waals surface area contributed by atoms with E-state index in [4.69, 9.17) is 4.74 Å². The van der Waals surface area contributed by atoms with Crippen molar-refractivity contribution in [1.82, 2.24) is 9.78 Å². The van der Waals surface area contributed by atoms with Gasteiger partial charge >= 0.3 is 5.97 Å². The highest BCUT2D eigenvalue weighted by atomic mass is 16.5. The summed E-state index contributed by atoms with van der Waals surface area (Å²) in [6.07, 6.45) is 3.44. The minimum absolute atomic E-state index is 0.187. The molecule has 0 bridgehead atoms. The van der Waals surface area contributed by atoms with Crippen LogP contribution in [0.15, 0.2) is 79.1 Å². The van der Waals surface area contributed by atoms with Crippen molar-refractivity contribution in [2.45, 2.75) is 6.54 Å². The second kappa shape index (κ2) is 7.53. The third-order valence-electron chi connectivity index (χ3n) is 5.25. The molecule has 7 nitrogen and oxygen atoms in total. The molecule has 1 aromatic heterocycles. The lowest BCUT2D eigenvalue weighted by Gasteiger charge is -2.27. The zero-order valence-corrected chi connectivity index (χ0v) is 16.4. The Morgan fingerprint density at radius 1 is 0.871 bits per heavy atom. The lowest BCUT2D eigenvalue weighted by atomic mass is 9.94. The smallest absolute Gasteiger partial charge is 0.338 e. The zero-order chi connectivity index (χ0) is 21.4. The predicted octanol–water partition coefficient (Wildman–Crippen LogP) is 3.69. The Labute approximate surface area is 177 Å². The number of rotatable bonds is 5. The Balaban J connectivity index is 1.37. The van der Waals surface area contributed by atoms with Crippen LogP contribution >= 0.6 is 0 Å². The summed E-state index contributed by atoms with van der Waals surface area (Å²) >= 11 is 0. The highest BCUT2D eigenvalue weighted by molar-refractivity contribution is 6.35. The molecule has 0 fully saturated rings. The molecule has 3 aromatic carbocycles. The normalized spacial score (nSPS) is 13.0. The Kier molecular flexibility index (Phi) is 4.55. The van der Waals surface area contributed by atoms with E-state index in [2.05, 4.69) is 5.10 Å². The van der Waals surface area contributed by atoms with E-state index in [1.165, 1.54) is 0 Å². The van der Waals surface area contributed by atoms with Crippen molar-refractivity contribution >= 4 is 34.2 Å². The number of ether oxygens (including phenoxy) is 1. The minimum Gasteiger partial charge on any atom is -0.460 e. The molecule has 0 aliphatic carbocycles. The quantitative estimate of drug-likeness (QED) is 0.370.